The second-order valence-electron chi connectivity index (χ2n) is 5.22. The van der Waals surface area contributed by atoms with E-state index in [1.165, 1.54) is 12.3 Å². The fourth-order valence-electron chi connectivity index (χ4n) is 2.45. The van der Waals surface area contributed by atoms with E-state index >= 15 is 0 Å². The summed E-state index contributed by atoms with van der Waals surface area (Å²) in [5.41, 5.74) is 1.28. The van der Waals surface area contributed by atoms with Gasteiger partial charge in [-0.3, -0.25) is 4.79 Å². The quantitative estimate of drug-likeness (QED) is 0.538. The first kappa shape index (κ1) is 14.1. The van der Waals surface area contributed by atoms with Gasteiger partial charge in [-0.2, -0.15) is 0 Å². The number of para-hydroxylation sites is 1. The van der Waals surface area contributed by atoms with Crippen LogP contribution in [0.2, 0.25) is 0 Å². The molecule has 0 saturated heterocycles. The summed E-state index contributed by atoms with van der Waals surface area (Å²) in [5.74, 6) is -0.376. The molecule has 24 heavy (non-hydrogen) atoms. The minimum absolute atomic E-state index is 0.0661. The van der Waals surface area contributed by atoms with Crippen LogP contribution in [0.25, 0.3) is 17.0 Å². The summed E-state index contributed by atoms with van der Waals surface area (Å²) < 4.78 is 10.6. The molecule has 116 valence electrons. The molecular weight excluding hydrogens is 306 g/mol. The molecule has 1 aliphatic rings. The van der Waals surface area contributed by atoms with E-state index in [0.717, 1.165) is 0 Å². The highest BCUT2D eigenvalue weighted by molar-refractivity contribution is 6.12. The van der Waals surface area contributed by atoms with Gasteiger partial charge in [-0.1, -0.05) is 30.3 Å². The highest BCUT2D eigenvalue weighted by atomic mass is 16.6. The Morgan fingerprint density at radius 2 is 1.67 bits per heavy atom. The largest absolute Gasteiger partial charge is 0.463 e. The van der Waals surface area contributed by atoms with Crippen molar-refractivity contribution in [2.75, 3.05) is 0 Å². The predicted octanol–water partition coefficient (Wildman–Crippen LogP) is 3.14. The molecule has 0 unspecified atom stereocenters. The van der Waals surface area contributed by atoms with E-state index in [2.05, 4.69) is 4.99 Å². The zero-order chi connectivity index (χ0) is 16.5. The van der Waals surface area contributed by atoms with Crippen molar-refractivity contribution in [3.8, 4) is 0 Å². The van der Waals surface area contributed by atoms with E-state index < -0.39 is 5.97 Å². The molecule has 0 atom stereocenters. The van der Waals surface area contributed by atoms with E-state index in [1.54, 1.807) is 36.4 Å². The second kappa shape index (κ2) is 5.62. The van der Waals surface area contributed by atoms with Gasteiger partial charge in [0.25, 0.3) is 0 Å². The number of fused-ring (bicyclic) bond motifs is 1. The standard InChI is InChI=1S/C19H11NO4/c21-17-13(11-23-16-9-5-4-8-14(16)17)10-15-19(22)24-18(20-15)12-6-2-1-3-7-12/h1-11H. The van der Waals surface area contributed by atoms with Gasteiger partial charge in [0.15, 0.2) is 11.1 Å². The Kier molecular flexibility index (Phi) is 3.31. The van der Waals surface area contributed by atoms with Gasteiger partial charge in [-0.15, -0.1) is 0 Å². The Morgan fingerprint density at radius 1 is 0.917 bits per heavy atom. The van der Waals surface area contributed by atoms with Crippen LogP contribution >= 0.6 is 0 Å². The van der Waals surface area contributed by atoms with E-state index in [-0.39, 0.29) is 22.6 Å². The molecule has 3 aromatic rings. The van der Waals surface area contributed by atoms with Crippen LogP contribution in [0.1, 0.15) is 11.1 Å². The van der Waals surface area contributed by atoms with Gasteiger partial charge in [0.2, 0.25) is 5.90 Å². The van der Waals surface area contributed by atoms with E-state index in [1.807, 2.05) is 18.2 Å². The SMILES string of the molecule is O=C1OC(c2ccccc2)=NC1=Cc1coc2ccccc2c1=O. The van der Waals surface area contributed by atoms with Crippen molar-refractivity contribution in [3.63, 3.8) is 0 Å². The summed E-state index contributed by atoms with van der Waals surface area (Å²) in [5, 5.41) is 0.450. The van der Waals surface area contributed by atoms with Crippen LogP contribution in [0.5, 0.6) is 0 Å². The summed E-state index contributed by atoms with van der Waals surface area (Å²) >= 11 is 0. The number of hydrogen-bond donors (Lipinski definition) is 0. The van der Waals surface area contributed by atoms with Crippen molar-refractivity contribution in [1.29, 1.82) is 0 Å². The number of aliphatic imine (C=N–C) groups is 1. The molecule has 0 amide bonds. The van der Waals surface area contributed by atoms with Crippen LogP contribution < -0.4 is 5.43 Å². The van der Waals surface area contributed by atoms with Gasteiger partial charge in [-0.25, -0.2) is 9.79 Å². The summed E-state index contributed by atoms with van der Waals surface area (Å²) in [6, 6.07) is 16.0. The van der Waals surface area contributed by atoms with Gasteiger partial charge >= 0.3 is 5.97 Å². The molecular formula is C19H11NO4. The van der Waals surface area contributed by atoms with Crippen LogP contribution in [0, 0.1) is 0 Å². The molecule has 2 aromatic carbocycles. The minimum Gasteiger partial charge on any atom is -0.463 e. The Hall–Kier alpha value is -3.47. The summed E-state index contributed by atoms with van der Waals surface area (Å²) in [7, 11) is 0. The van der Waals surface area contributed by atoms with Crippen LogP contribution in [0.3, 0.4) is 0 Å². The lowest BCUT2D eigenvalue weighted by Crippen LogP contribution is -2.07. The topological polar surface area (TPSA) is 68.9 Å². The fraction of sp³-hybridized carbons (Fsp3) is 0. The maximum Gasteiger partial charge on any atom is 0.363 e. The van der Waals surface area contributed by atoms with Crippen LogP contribution in [0.4, 0.5) is 0 Å². The van der Waals surface area contributed by atoms with Gasteiger partial charge in [0.05, 0.1) is 10.9 Å². The molecule has 5 nitrogen and oxygen atoms in total. The highest BCUT2D eigenvalue weighted by Gasteiger charge is 2.24. The molecule has 0 spiro atoms. The van der Waals surface area contributed by atoms with Gasteiger partial charge in [-0.05, 0) is 30.3 Å². The zero-order valence-corrected chi connectivity index (χ0v) is 12.4. The number of carbonyl (C=O) groups excluding carboxylic acids is 1. The molecule has 4 rings (SSSR count). The minimum atomic E-state index is -0.596. The average Bonchev–Trinajstić information content (AvgIpc) is 2.99. The molecule has 0 aliphatic carbocycles. The summed E-state index contributed by atoms with van der Waals surface area (Å²) in [4.78, 5) is 28.6. The third-order valence-electron chi connectivity index (χ3n) is 3.64. The summed E-state index contributed by atoms with van der Waals surface area (Å²) in [6.07, 6.45) is 2.71. The zero-order valence-electron chi connectivity index (χ0n) is 12.4. The lowest BCUT2D eigenvalue weighted by molar-refractivity contribution is -0.129. The first-order valence-corrected chi connectivity index (χ1v) is 7.31. The molecule has 5 heteroatoms. The van der Waals surface area contributed by atoms with E-state index in [9.17, 15) is 9.59 Å². The molecule has 2 heterocycles. The first-order valence-electron chi connectivity index (χ1n) is 7.31. The molecule has 0 saturated carbocycles. The number of carbonyl (C=O) groups is 1. The third-order valence-corrected chi connectivity index (χ3v) is 3.64. The Morgan fingerprint density at radius 3 is 2.50 bits per heavy atom. The average molecular weight is 317 g/mol. The van der Waals surface area contributed by atoms with Crippen LogP contribution in [0.15, 0.2) is 80.8 Å². The summed E-state index contributed by atoms with van der Waals surface area (Å²) in [6.45, 7) is 0. The second-order valence-corrected chi connectivity index (χ2v) is 5.22. The lowest BCUT2D eigenvalue weighted by Gasteiger charge is -1.98. The fourth-order valence-corrected chi connectivity index (χ4v) is 2.45. The van der Waals surface area contributed by atoms with Crippen molar-refractivity contribution >= 4 is 28.9 Å². The van der Waals surface area contributed by atoms with Gasteiger partial charge in [0.1, 0.15) is 11.8 Å². The normalized spacial score (nSPS) is 15.6. The number of cyclic esters (lactones) is 1. The van der Waals surface area contributed by atoms with Crippen molar-refractivity contribution < 1.29 is 13.9 Å². The Bertz CT molecular complexity index is 1060. The van der Waals surface area contributed by atoms with E-state index in [0.29, 0.717) is 16.5 Å². The Balaban J connectivity index is 1.79. The number of nitrogens with zero attached hydrogens (tertiary/aromatic N) is 1. The molecule has 0 fully saturated rings. The first-order chi connectivity index (χ1) is 11.7. The highest BCUT2D eigenvalue weighted by Crippen LogP contribution is 2.19. The third kappa shape index (κ3) is 2.42. The maximum absolute atomic E-state index is 12.5. The smallest absolute Gasteiger partial charge is 0.363 e. The van der Waals surface area contributed by atoms with Crippen molar-refractivity contribution in [2.24, 2.45) is 4.99 Å². The molecule has 0 N–H and O–H groups in total. The molecule has 1 aromatic heterocycles. The monoisotopic (exact) mass is 317 g/mol. The lowest BCUT2D eigenvalue weighted by atomic mass is 10.1. The number of esters is 1. The number of hydrogen-bond acceptors (Lipinski definition) is 5. The molecule has 1 aliphatic heterocycles. The number of ether oxygens (including phenoxy) is 1. The van der Waals surface area contributed by atoms with E-state index in [4.69, 9.17) is 9.15 Å². The van der Waals surface area contributed by atoms with Crippen molar-refractivity contribution in [1.82, 2.24) is 0 Å². The van der Waals surface area contributed by atoms with Gasteiger partial charge in [0, 0.05) is 5.56 Å². The van der Waals surface area contributed by atoms with Crippen molar-refractivity contribution in [3.05, 3.63) is 87.9 Å². The predicted molar refractivity (Wildman–Crippen MR) is 89.5 cm³/mol. The Labute approximate surface area is 136 Å². The molecule has 0 bridgehead atoms. The molecule has 0 radical (unpaired) electrons. The van der Waals surface area contributed by atoms with Crippen LogP contribution in [-0.2, 0) is 9.53 Å². The maximum atomic E-state index is 12.5. The van der Waals surface area contributed by atoms with Crippen LogP contribution in [-0.4, -0.2) is 11.9 Å². The van der Waals surface area contributed by atoms with Crippen molar-refractivity contribution in [2.45, 2.75) is 0 Å². The number of benzene rings is 2. The van der Waals surface area contributed by atoms with Gasteiger partial charge < -0.3 is 9.15 Å². The number of rotatable bonds is 2.